The Bertz CT molecular complexity index is 927. The highest BCUT2D eigenvalue weighted by Gasteiger charge is 2.44. The summed E-state index contributed by atoms with van der Waals surface area (Å²) in [6, 6.07) is 13.7. The molecule has 8 nitrogen and oxygen atoms in total. The van der Waals surface area contributed by atoms with Crippen LogP contribution in [0.15, 0.2) is 48.5 Å². The van der Waals surface area contributed by atoms with Gasteiger partial charge in [0.15, 0.2) is 0 Å². The van der Waals surface area contributed by atoms with Gasteiger partial charge in [-0.05, 0) is 36.6 Å². The number of hydrogen-bond donors (Lipinski definition) is 3. The number of methoxy groups -OCH3 is 1. The normalized spacial score (nSPS) is 20.6. The molecule has 2 aromatic carbocycles. The van der Waals surface area contributed by atoms with E-state index in [2.05, 4.69) is 0 Å². The molecular formula is C22H26N4O4. The quantitative estimate of drug-likeness (QED) is 0.382. The van der Waals surface area contributed by atoms with Gasteiger partial charge in [-0.2, -0.15) is 0 Å². The Morgan fingerprint density at radius 2 is 1.63 bits per heavy atom. The minimum absolute atomic E-state index is 0.0333. The number of carbonyl (C=O) groups is 2. The number of benzene rings is 2. The van der Waals surface area contributed by atoms with E-state index < -0.39 is 11.9 Å². The van der Waals surface area contributed by atoms with E-state index in [1.54, 1.807) is 19.1 Å². The summed E-state index contributed by atoms with van der Waals surface area (Å²) in [5.41, 5.74) is 13.7. The summed E-state index contributed by atoms with van der Waals surface area (Å²) in [6.07, 6.45) is 0.442. The Morgan fingerprint density at radius 3 is 2.13 bits per heavy atom. The summed E-state index contributed by atoms with van der Waals surface area (Å²) in [5.74, 6) is -0.0866. The Balaban J connectivity index is 1.66. The molecule has 1 aliphatic rings. The SMILES string of the molecule is COC(=O)[C@H]1C[C@@H](COc2ccc(-c3ccc(C(=N)N)cc3)cc2)N(C(N)=O)C1C. The highest BCUT2D eigenvalue weighted by molar-refractivity contribution is 5.95. The monoisotopic (exact) mass is 410 g/mol. The molecule has 0 spiro atoms. The Labute approximate surface area is 175 Å². The van der Waals surface area contributed by atoms with E-state index in [0.29, 0.717) is 17.7 Å². The number of amides is 2. The first-order valence-electron chi connectivity index (χ1n) is 9.65. The lowest BCUT2D eigenvalue weighted by molar-refractivity contribution is -0.145. The van der Waals surface area contributed by atoms with Gasteiger partial charge in [0.25, 0.3) is 0 Å². The zero-order valence-corrected chi connectivity index (χ0v) is 17.0. The molecule has 5 N–H and O–H groups in total. The molecule has 2 aromatic rings. The Hall–Kier alpha value is -3.55. The number of carbonyl (C=O) groups excluding carboxylic acids is 2. The molecule has 3 rings (SSSR count). The molecule has 1 heterocycles. The van der Waals surface area contributed by atoms with Gasteiger partial charge >= 0.3 is 12.0 Å². The molecule has 30 heavy (non-hydrogen) atoms. The second-order valence-electron chi connectivity index (χ2n) is 7.33. The maximum atomic E-state index is 12.0. The summed E-state index contributed by atoms with van der Waals surface area (Å²) in [4.78, 5) is 25.4. The van der Waals surface area contributed by atoms with E-state index in [9.17, 15) is 9.59 Å². The van der Waals surface area contributed by atoms with E-state index in [1.807, 2.05) is 36.4 Å². The Kier molecular flexibility index (Phi) is 6.25. The number of nitrogens with zero attached hydrogens (tertiary/aromatic N) is 1. The minimum atomic E-state index is -0.577. The standard InChI is InChI=1S/C22H26N4O4/c1-13-19(21(27)29-2)11-17(26(13)22(25)28)12-30-18-9-7-15(8-10-18)14-3-5-16(6-4-14)20(23)24/h3-10,13,17,19H,11-12H2,1-2H3,(H3,23,24)(H2,25,28)/t13?,17-,19-/m0/s1. The Morgan fingerprint density at radius 1 is 1.07 bits per heavy atom. The van der Waals surface area contributed by atoms with E-state index in [-0.39, 0.29) is 30.5 Å². The minimum Gasteiger partial charge on any atom is -0.491 e. The van der Waals surface area contributed by atoms with E-state index >= 15 is 0 Å². The van der Waals surface area contributed by atoms with Crippen LogP contribution in [0, 0.1) is 11.3 Å². The summed E-state index contributed by atoms with van der Waals surface area (Å²) >= 11 is 0. The third kappa shape index (κ3) is 4.37. The fraction of sp³-hybridized carbons (Fsp3) is 0.318. The van der Waals surface area contributed by atoms with Crippen molar-refractivity contribution in [2.75, 3.05) is 13.7 Å². The van der Waals surface area contributed by atoms with Crippen LogP contribution in [0.1, 0.15) is 18.9 Å². The maximum absolute atomic E-state index is 12.0. The van der Waals surface area contributed by atoms with Crippen molar-refractivity contribution in [1.29, 1.82) is 5.41 Å². The second-order valence-corrected chi connectivity index (χ2v) is 7.33. The van der Waals surface area contributed by atoms with Crippen LogP contribution in [0.4, 0.5) is 4.79 Å². The van der Waals surface area contributed by atoms with Gasteiger partial charge in [0, 0.05) is 11.6 Å². The molecule has 0 radical (unpaired) electrons. The van der Waals surface area contributed by atoms with Crippen LogP contribution in [0.25, 0.3) is 11.1 Å². The molecular weight excluding hydrogens is 384 g/mol. The summed E-state index contributed by atoms with van der Waals surface area (Å²) in [7, 11) is 1.34. The predicted octanol–water partition coefficient (Wildman–Crippen LogP) is 2.35. The smallest absolute Gasteiger partial charge is 0.315 e. The van der Waals surface area contributed by atoms with Crippen molar-refractivity contribution >= 4 is 17.8 Å². The predicted molar refractivity (Wildman–Crippen MR) is 113 cm³/mol. The number of nitrogen functional groups attached to an aromatic ring is 1. The second kappa shape index (κ2) is 8.86. The third-order valence-electron chi connectivity index (χ3n) is 5.52. The van der Waals surface area contributed by atoms with Crippen molar-refractivity contribution in [2.24, 2.45) is 17.4 Å². The number of rotatable bonds is 6. The zero-order valence-electron chi connectivity index (χ0n) is 17.0. The molecule has 158 valence electrons. The number of amidine groups is 1. The molecule has 1 aliphatic heterocycles. The van der Waals surface area contributed by atoms with Crippen LogP contribution >= 0.6 is 0 Å². The molecule has 1 saturated heterocycles. The lowest BCUT2D eigenvalue weighted by Crippen LogP contribution is -2.46. The summed E-state index contributed by atoms with van der Waals surface area (Å²) in [6.45, 7) is 2.02. The van der Waals surface area contributed by atoms with Crippen molar-refractivity contribution in [2.45, 2.75) is 25.4 Å². The third-order valence-corrected chi connectivity index (χ3v) is 5.52. The van der Waals surface area contributed by atoms with Crippen molar-refractivity contribution in [1.82, 2.24) is 4.90 Å². The number of hydrogen-bond acceptors (Lipinski definition) is 5. The first kappa shape index (κ1) is 21.2. The number of urea groups is 1. The van der Waals surface area contributed by atoms with Crippen LogP contribution < -0.4 is 16.2 Å². The molecule has 8 heteroatoms. The van der Waals surface area contributed by atoms with E-state index in [4.69, 9.17) is 26.4 Å². The molecule has 1 fully saturated rings. The fourth-order valence-corrected chi connectivity index (χ4v) is 3.88. The maximum Gasteiger partial charge on any atom is 0.315 e. The van der Waals surface area contributed by atoms with Crippen LogP contribution in [0.3, 0.4) is 0 Å². The summed E-state index contributed by atoms with van der Waals surface area (Å²) in [5, 5.41) is 7.46. The first-order chi connectivity index (χ1) is 14.3. The average Bonchev–Trinajstić information content (AvgIpc) is 3.08. The number of nitrogens with one attached hydrogen (secondary N) is 1. The van der Waals surface area contributed by atoms with Gasteiger partial charge < -0.3 is 25.8 Å². The molecule has 2 amide bonds. The van der Waals surface area contributed by atoms with Crippen LogP contribution in [-0.4, -0.2) is 48.5 Å². The molecule has 0 saturated carbocycles. The number of nitrogens with two attached hydrogens (primary N) is 2. The van der Waals surface area contributed by atoms with Crippen LogP contribution in [0.5, 0.6) is 5.75 Å². The number of esters is 1. The van der Waals surface area contributed by atoms with Gasteiger partial charge in [-0.1, -0.05) is 36.4 Å². The van der Waals surface area contributed by atoms with Gasteiger partial charge in [0.1, 0.15) is 18.2 Å². The van der Waals surface area contributed by atoms with Crippen molar-refractivity contribution < 1.29 is 19.1 Å². The summed E-state index contributed by atoms with van der Waals surface area (Å²) < 4.78 is 10.7. The first-order valence-corrected chi connectivity index (χ1v) is 9.65. The van der Waals surface area contributed by atoms with E-state index in [0.717, 1.165) is 11.1 Å². The molecule has 0 aliphatic carbocycles. The average molecular weight is 410 g/mol. The van der Waals surface area contributed by atoms with Crippen LogP contribution in [-0.2, 0) is 9.53 Å². The van der Waals surface area contributed by atoms with Crippen molar-refractivity contribution in [3.8, 4) is 16.9 Å². The van der Waals surface area contributed by atoms with E-state index in [1.165, 1.54) is 12.0 Å². The van der Waals surface area contributed by atoms with Gasteiger partial charge in [0.05, 0.1) is 19.1 Å². The molecule has 0 aromatic heterocycles. The highest BCUT2D eigenvalue weighted by Crippen LogP contribution is 2.31. The van der Waals surface area contributed by atoms with Gasteiger partial charge in [-0.15, -0.1) is 0 Å². The molecule has 0 bridgehead atoms. The number of ether oxygens (including phenoxy) is 2. The number of primary amides is 1. The largest absolute Gasteiger partial charge is 0.491 e. The fourth-order valence-electron chi connectivity index (χ4n) is 3.88. The topological polar surface area (TPSA) is 132 Å². The lowest BCUT2D eigenvalue weighted by atomic mass is 10.0. The van der Waals surface area contributed by atoms with Crippen molar-refractivity contribution in [3.05, 3.63) is 54.1 Å². The molecule has 1 unspecified atom stereocenters. The van der Waals surface area contributed by atoms with Crippen molar-refractivity contribution in [3.63, 3.8) is 0 Å². The van der Waals surface area contributed by atoms with Crippen LogP contribution in [0.2, 0.25) is 0 Å². The highest BCUT2D eigenvalue weighted by atomic mass is 16.5. The lowest BCUT2D eigenvalue weighted by Gasteiger charge is -2.27. The van der Waals surface area contributed by atoms with Gasteiger partial charge in [0.2, 0.25) is 0 Å². The zero-order chi connectivity index (χ0) is 21.8. The molecule has 3 atom stereocenters. The number of likely N-dealkylation sites (tertiary alicyclic amines) is 1. The van der Waals surface area contributed by atoms with Gasteiger partial charge in [-0.3, -0.25) is 10.2 Å². The van der Waals surface area contributed by atoms with Gasteiger partial charge in [-0.25, -0.2) is 4.79 Å².